The SMILES string of the molecule is NC(=O)c1ccc(N=c2oc3ccccc3cc2C(=O)NCc2ccco2)cc1. The summed E-state index contributed by atoms with van der Waals surface area (Å²) in [4.78, 5) is 28.5. The van der Waals surface area contributed by atoms with Gasteiger partial charge >= 0.3 is 0 Å². The quantitative estimate of drug-likeness (QED) is 0.547. The number of benzene rings is 2. The first-order chi connectivity index (χ1) is 14.1. The van der Waals surface area contributed by atoms with Gasteiger partial charge in [0.25, 0.3) is 5.91 Å². The summed E-state index contributed by atoms with van der Waals surface area (Å²) in [6.45, 7) is 0.241. The van der Waals surface area contributed by atoms with E-state index in [1.165, 1.54) is 0 Å². The summed E-state index contributed by atoms with van der Waals surface area (Å²) >= 11 is 0. The maximum Gasteiger partial charge on any atom is 0.257 e. The van der Waals surface area contributed by atoms with Crippen LogP contribution in [0.4, 0.5) is 5.69 Å². The number of nitrogens with zero attached hydrogens (tertiary/aromatic N) is 1. The molecule has 0 saturated carbocycles. The van der Waals surface area contributed by atoms with Crippen LogP contribution >= 0.6 is 0 Å². The van der Waals surface area contributed by atoms with Crippen LogP contribution in [0.3, 0.4) is 0 Å². The highest BCUT2D eigenvalue weighted by atomic mass is 16.3. The first-order valence-corrected chi connectivity index (χ1v) is 8.88. The minimum Gasteiger partial charge on any atom is -0.467 e. The molecule has 7 nitrogen and oxygen atoms in total. The largest absolute Gasteiger partial charge is 0.467 e. The summed E-state index contributed by atoms with van der Waals surface area (Å²) in [6, 6.07) is 19.0. The summed E-state index contributed by atoms with van der Waals surface area (Å²) < 4.78 is 11.1. The van der Waals surface area contributed by atoms with E-state index in [1.807, 2.05) is 18.2 Å². The lowest BCUT2D eigenvalue weighted by Gasteiger charge is -2.06. The summed E-state index contributed by atoms with van der Waals surface area (Å²) in [5.41, 5.74) is 7.21. The molecule has 2 heterocycles. The van der Waals surface area contributed by atoms with Crippen molar-refractivity contribution in [3.8, 4) is 0 Å². The van der Waals surface area contributed by atoms with Crippen molar-refractivity contribution in [3.63, 3.8) is 0 Å². The summed E-state index contributed by atoms with van der Waals surface area (Å²) in [6.07, 6.45) is 1.54. The van der Waals surface area contributed by atoms with Crippen molar-refractivity contribution in [2.75, 3.05) is 0 Å². The first kappa shape index (κ1) is 18.2. The predicted octanol–water partition coefficient (Wildman–Crippen LogP) is 3.29. The number of furan rings is 1. The maximum absolute atomic E-state index is 12.8. The molecule has 2 aromatic heterocycles. The second-order valence-electron chi connectivity index (χ2n) is 6.29. The first-order valence-electron chi connectivity index (χ1n) is 8.88. The van der Waals surface area contributed by atoms with Crippen LogP contribution in [-0.4, -0.2) is 11.8 Å². The molecule has 0 fully saturated rings. The van der Waals surface area contributed by atoms with E-state index >= 15 is 0 Å². The molecule has 144 valence electrons. The van der Waals surface area contributed by atoms with Crippen LogP contribution in [0.1, 0.15) is 26.5 Å². The number of amides is 2. The molecule has 0 saturated heterocycles. The van der Waals surface area contributed by atoms with Gasteiger partial charge in [0.2, 0.25) is 11.5 Å². The Bertz CT molecular complexity index is 1240. The fourth-order valence-electron chi connectivity index (χ4n) is 2.81. The van der Waals surface area contributed by atoms with Crippen LogP contribution in [0.5, 0.6) is 0 Å². The smallest absolute Gasteiger partial charge is 0.257 e. The molecule has 4 rings (SSSR count). The zero-order valence-electron chi connectivity index (χ0n) is 15.3. The van der Waals surface area contributed by atoms with E-state index in [0.717, 1.165) is 5.39 Å². The zero-order chi connectivity index (χ0) is 20.2. The van der Waals surface area contributed by atoms with Gasteiger partial charge in [-0.3, -0.25) is 9.59 Å². The molecule has 0 aliphatic carbocycles. The Morgan fingerprint density at radius 2 is 1.79 bits per heavy atom. The molecule has 3 N–H and O–H groups in total. The van der Waals surface area contributed by atoms with Crippen molar-refractivity contribution in [1.29, 1.82) is 0 Å². The van der Waals surface area contributed by atoms with E-state index in [-0.39, 0.29) is 23.6 Å². The Kier molecular flexibility index (Phi) is 4.94. The number of nitrogens with two attached hydrogens (primary N) is 1. The molecule has 7 heteroatoms. The van der Waals surface area contributed by atoms with Crippen LogP contribution in [0.25, 0.3) is 11.0 Å². The lowest BCUT2D eigenvalue weighted by molar-refractivity contribution is 0.0943. The standard InChI is InChI=1S/C22H17N3O4/c23-20(26)14-7-9-16(10-8-14)25-22-18(12-15-4-1-2-6-19(15)29-22)21(27)24-13-17-5-3-11-28-17/h1-12H,13H2,(H2,23,26)(H,24,27). The average molecular weight is 387 g/mol. The monoisotopic (exact) mass is 387 g/mol. The molecule has 4 aromatic rings. The Balaban J connectivity index is 1.75. The van der Waals surface area contributed by atoms with Crippen molar-refractivity contribution >= 4 is 28.5 Å². The van der Waals surface area contributed by atoms with Crippen LogP contribution in [-0.2, 0) is 6.54 Å². The highest BCUT2D eigenvalue weighted by Gasteiger charge is 2.13. The number of para-hydroxylation sites is 1. The summed E-state index contributed by atoms with van der Waals surface area (Å²) in [5, 5.41) is 3.58. The van der Waals surface area contributed by atoms with E-state index in [4.69, 9.17) is 14.6 Å². The molecule has 2 aromatic carbocycles. The van der Waals surface area contributed by atoms with Crippen LogP contribution < -0.4 is 16.6 Å². The van der Waals surface area contributed by atoms with Gasteiger partial charge in [-0.25, -0.2) is 4.99 Å². The molecule has 2 amide bonds. The van der Waals surface area contributed by atoms with Gasteiger partial charge in [-0.05, 0) is 48.5 Å². The third-order valence-corrected chi connectivity index (χ3v) is 4.29. The lowest BCUT2D eigenvalue weighted by Crippen LogP contribution is -2.28. The van der Waals surface area contributed by atoms with E-state index in [0.29, 0.717) is 22.6 Å². The molecule has 0 atom stereocenters. The highest BCUT2D eigenvalue weighted by molar-refractivity contribution is 5.96. The van der Waals surface area contributed by atoms with Crippen molar-refractivity contribution in [2.45, 2.75) is 6.54 Å². The van der Waals surface area contributed by atoms with Gasteiger partial charge in [0.1, 0.15) is 16.9 Å². The average Bonchev–Trinajstić information content (AvgIpc) is 3.25. The fourth-order valence-corrected chi connectivity index (χ4v) is 2.81. The fraction of sp³-hybridized carbons (Fsp3) is 0.0455. The third-order valence-electron chi connectivity index (χ3n) is 4.29. The molecular formula is C22H17N3O4. The minimum atomic E-state index is -0.523. The van der Waals surface area contributed by atoms with Crippen molar-refractivity contribution in [3.05, 3.63) is 95.4 Å². The van der Waals surface area contributed by atoms with Crippen molar-refractivity contribution in [2.24, 2.45) is 10.7 Å². The van der Waals surface area contributed by atoms with Crippen LogP contribution in [0, 0.1) is 0 Å². The third kappa shape index (κ3) is 4.08. The Morgan fingerprint density at radius 1 is 1.00 bits per heavy atom. The van der Waals surface area contributed by atoms with Gasteiger partial charge in [0.15, 0.2) is 0 Å². The predicted molar refractivity (Wildman–Crippen MR) is 106 cm³/mol. The molecule has 0 radical (unpaired) electrons. The normalized spacial score (nSPS) is 11.5. The lowest BCUT2D eigenvalue weighted by atomic mass is 10.1. The van der Waals surface area contributed by atoms with Crippen LogP contribution in [0.2, 0.25) is 0 Å². The van der Waals surface area contributed by atoms with E-state index in [2.05, 4.69) is 10.3 Å². The molecule has 0 aliphatic heterocycles. The molecule has 0 spiro atoms. The van der Waals surface area contributed by atoms with Crippen LogP contribution in [0.15, 0.2) is 86.8 Å². The second-order valence-corrected chi connectivity index (χ2v) is 6.29. The number of carbonyl (C=O) groups excluding carboxylic acids is 2. The van der Waals surface area contributed by atoms with Crippen molar-refractivity contribution < 1.29 is 18.4 Å². The molecule has 0 bridgehead atoms. The van der Waals surface area contributed by atoms with Gasteiger partial charge < -0.3 is 19.9 Å². The topological polar surface area (TPSA) is 111 Å². The highest BCUT2D eigenvalue weighted by Crippen LogP contribution is 2.16. The van der Waals surface area contributed by atoms with Gasteiger partial charge in [-0.15, -0.1) is 0 Å². The van der Waals surface area contributed by atoms with Gasteiger partial charge in [0, 0.05) is 10.9 Å². The van der Waals surface area contributed by atoms with E-state index in [9.17, 15) is 9.59 Å². The Hall–Kier alpha value is -4.13. The Labute approximate surface area is 165 Å². The zero-order valence-corrected chi connectivity index (χ0v) is 15.3. The number of rotatable bonds is 5. The van der Waals surface area contributed by atoms with E-state index < -0.39 is 5.91 Å². The molecule has 0 aliphatic rings. The maximum atomic E-state index is 12.8. The van der Waals surface area contributed by atoms with Gasteiger partial charge in [-0.1, -0.05) is 18.2 Å². The molecular weight excluding hydrogens is 370 g/mol. The number of primary amides is 1. The van der Waals surface area contributed by atoms with E-state index in [1.54, 1.807) is 54.8 Å². The number of hydrogen-bond donors (Lipinski definition) is 2. The minimum absolute atomic E-state index is 0.160. The number of hydrogen-bond acceptors (Lipinski definition) is 5. The summed E-state index contributed by atoms with van der Waals surface area (Å²) in [5.74, 6) is -0.232. The number of fused-ring (bicyclic) bond motifs is 1. The molecule has 0 unspecified atom stereocenters. The second kappa shape index (κ2) is 7.85. The van der Waals surface area contributed by atoms with Crippen molar-refractivity contribution in [1.82, 2.24) is 5.32 Å². The Morgan fingerprint density at radius 3 is 2.52 bits per heavy atom. The van der Waals surface area contributed by atoms with Gasteiger partial charge in [0.05, 0.1) is 18.5 Å². The number of nitrogens with one attached hydrogen (secondary N) is 1. The summed E-state index contributed by atoms with van der Waals surface area (Å²) in [7, 11) is 0. The van der Waals surface area contributed by atoms with Gasteiger partial charge in [-0.2, -0.15) is 0 Å². The number of carbonyl (C=O) groups is 2. The molecule has 29 heavy (non-hydrogen) atoms.